The maximum atomic E-state index is 13.2. The van der Waals surface area contributed by atoms with E-state index >= 15 is 0 Å². The van der Waals surface area contributed by atoms with Gasteiger partial charge in [-0.15, -0.1) is 11.3 Å². The van der Waals surface area contributed by atoms with Crippen LogP contribution in [0.1, 0.15) is 35.1 Å². The van der Waals surface area contributed by atoms with Crippen molar-refractivity contribution in [2.75, 3.05) is 25.1 Å². The Morgan fingerprint density at radius 1 is 1.32 bits per heavy atom. The van der Waals surface area contributed by atoms with Crippen LogP contribution in [0.2, 0.25) is 0 Å². The zero-order valence-corrected chi connectivity index (χ0v) is 18.6. The van der Waals surface area contributed by atoms with Gasteiger partial charge in [-0.1, -0.05) is 0 Å². The lowest BCUT2D eigenvalue weighted by Crippen LogP contribution is -2.37. The first-order valence-corrected chi connectivity index (χ1v) is 11.6. The quantitative estimate of drug-likeness (QED) is 0.422. The molecule has 1 saturated heterocycles. The Hall–Kier alpha value is -2.90. The summed E-state index contributed by atoms with van der Waals surface area (Å²) in [4.78, 5) is 23.8. The zero-order valence-electron chi connectivity index (χ0n) is 17.8. The molecule has 0 bridgehead atoms. The molecule has 0 aliphatic carbocycles. The summed E-state index contributed by atoms with van der Waals surface area (Å²) >= 11 is 1.51. The molecule has 0 spiro atoms. The van der Waals surface area contributed by atoms with Crippen LogP contribution in [-0.4, -0.2) is 46.6 Å². The molecule has 0 saturated carbocycles. The number of H-pyrrole nitrogens is 1. The maximum Gasteiger partial charge on any atom is 0.264 e. The number of rotatable bonds is 6. The summed E-state index contributed by atoms with van der Waals surface area (Å²) in [5, 5.41) is 4.69. The topological polar surface area (TPSA) is 70.2 Å². The first kappa shape index (κ1) is 20.0. The highest BCUT2D eigenvalue weighted by Gasteiger charge is 2.30. The molecule has 1 fully saturated rings. The van der Waals surface area contributed by atoms with Crippen molar-refractivity contribution in [3.63, 3.8) is 0 Å². The monoisotopic (exact) mass is 434 g/mol. The number of pyridine rings is 1. The van der Waals surface area contributed by atoms with E-state index in [1.54, 1.807) is 6.20 Å². The number of carbonyl (C=O) groups is 1. The predicted molar refractivity (Wildman–Crippen MR) is 126 cm³/mol. The number of carbonyl (C=O) groups excluding carboxylic acids is 1. The summed E-state index contributed by atoms with van der Waals surface area (Å²) in [6.45, 7) is 6.12. The number of thiophene rings is 1. The Labute approximate surface area is 185 Å². The lowest BCUT2D eigenvalue weighted by atomic mass is 10.2. The fourth-order valence-electron chi connectivity index (χ4n) is 4.32. The van der Waals surface area contributed by atoms with Crippen LogP contribution in [-0.2, 0) is 4.74 Å². The molecule has 3 aromatic heterocycles. The third kappa shape index (κ3) is 3.91. The number of aryl methyl sites for hydroxylation is 1. The number of anilines is 2. The molecule has 6 nitrogen and oxygen atoms in total. The van der Waals surface area contributed by atoms with Gasteiger partial charge < -0.3 is 19.9 Å². The van der Waals surface area contributed by atoms with Gasteiger partial charge in [-0.2, -0.15) is 0 Å². The van der Waals surface area contributed by atoms with Gasteiger partial charge in [0.25, 0.3) is 5.91 Å². The molecule has 160 valence electrons. The van der Waals surface area contributed by atoms with Crippen LogP contribution in [0, 0.1) is 6.92 Å². The second-order valence-corrected chi connectivity index (χ2v) is 9.07. The predicted octanol–water partition coefficient (Wildman–Crippen LogP) is 5.47. The molecule has 31 heavy (non-hydrogen) atoms. The van der Waals surface area contributed by atoms with E-state index in [1.807, 2.05) is 24.0 Å². The molecule has 1 amide bonds. The number of benzene rings is 1. The number of ether oxygens (including phenoxy) is 1. The van der Waals surface area contributed by atoms with Gasteiger partial charge in [-0.3, -0.25) is 9.78 Å². The van der Waals surface area contributed by atoms with E-state index in [2.05, 4.69) is 46.5 Å². The molecule has 5 rings (SSSR count). The second-order valence-electron chi connectivity index (χ2n) is 8.02. The van der Waals surface area contributed by atoms with Gasteiger partial charge in [-0.05, 0) is 63.1 Å². The van der Waals surface area contributed by atoms with Crippen molar-refractivity contribution >= 4 is 49.7 Å². The minimum Gasteiger partial charge on any atom is -0.380 e. The highest BCUT2D eigenvalue weighted by molar-refractivity contribution is 7.21. The first-order valence-electron chi connectivity index (χ1n) is 10.8. The van der Waals surface area contributed by atoms with Gasteiger partial charge in [0.05, 0.1) is 33.4 Å². The molecule has 1 aliphatic heterocycles. The van der Waals surface area contributed by atoms with Gasteiger partial charge in [-0.25, -0.2) is 0 Å². The highest BCUT2D eigenvalue weighted by atomic mass is 32.1. The molecule has 1 aromatic carbocycles. The van der Waals surface area contributed by atoms with Crippen LogP contribution in [0.15, 0.2) is 42.6 Å². The number of nitrogens with one attached hydrogen (secondary N) is 2. The maximum absolute atomic E-state index is 13.2. The number of aromatic amines is 1. The molecule has 1 aliphatic rings. The average Bonchev–Trinajstić information content (AvgIpc) is 3.49. The second kappa shape index (κ2) is 8.32. The molecule has 1 atom stereocenters. The van der Waals surface area contributed by atoms with Gasteiger partial charge in [0, 0.05) is 41.6 Å². The number of fused-ring (bicyclic) bond motifs is 2. The number of aromatic nitrogens is 2. The summed E-state index contributed by atoms with van der Waals surface area (Å²) in [5.74, 6) is 0.0837. The number of hydrogen-bond acceptors (Lipinski definition) is 5. The highest BCUT2D eigenvalue weighted by Crippen LogP contribution is 2.34. The van der Waals surface area contributed by atoms with Gasteiger partial charge >= 0.3 is 0 Å². The van der Waals surface area contributed by atoms with Crippen molar-refractivity contribution < 1.29 is 9.53 Å². The van der Waals surface area contributed by atoms with E-state index < -0.39 is 0 Å². The Kier molecular flexibility index (Phi) is 5.38. The molecule has 7 heteroatoms. The van der Waals surface area contributed by atoms with Crippen molar-refractivity contribution in [2.24, 2.45) is 0 Å². The van der Waals surface area contributed by atoms with E-state index in [0.717, 1.165) is 57.1 Å². The number of hydrogen-bond donors (Lipinski definition) is 2. The zero-order chi connectivity index (χ0) is 21.4. The summed E-state index contributed by atoms with van der Waals surface area (Å²) < 4.78 is 6.59. The van der Waals surface area contributed by atoms with Gasteiger partial charge in [0.2, 0.25) is 0 Å². The van der Waals surface area contributed by atoms with Crippen LogP contribution in [0.3, 0.4) is 0 Å². The van der Waals surface area contributed by atoms with Crippen molar-refractivity contribution in [1.82, 2.24) is 14.9 Å². The molecule has 4 heterocycles. The van der Waals surface area contributed by atoms with Crippen molar-refractivity contribution in [2.45, 2.75) is 32.7 Å². The third-order valence-electron chi connectivity index (χ3n) is 5.81. The third-order valence-corrected chi connectivity index (χ3v) is 6.96. The Balaban J connectivity index is 1.42. The van der Waals surface area contributed by atoms with Crippen LogP contribution in [0.5, 0.6) is 0 Å². The fraction of sp³-hybridized carbons (Fsp3) is 0.333. The minimum atomic E-state index is 0.0837. The average molecular weight is 435 g/mol. The van der Waals surface area contributed by atoms with Crippen LogP contribution in [0.25, 0.3) is 21.1 Å². The molecule has 2 N–H and O–H groups in total. The number of nitrogens with zero attached hydrogens (tertiary/aromatic N) is 2. The largest absolute Gasteiger partial charge is 0.380 e. The smallest absolute Gasteiger partial charge is 0.264 e. The summed E-state index contributed by atoms with van der Waals surface area (Å²) in [6, 6.07) is 12.5. The van der Waals surface area contributed by atoms with Crippen LogP contribution in [0.4, 0.5) is 11.4 Å². The molecule has 0 radical (unpaired) electrons. The van der Waals surface area contributed by atoms with E-state index in [4.69, 9.17) is 4.74 Å². The Morgan fingerprint density at radius 2 is 2.23 bits per heavy atom. The van der Waals surface area contributed by atoms with Gasteiger partial charge in [0.15, 0.2) is 0 Å². The Morgan fingerprint density at radius 3 is 3.10 bits per heavy atom. The summed E-state index contributed by atoms with van der Waals surface area (Å²) in [7, 11) is 0. The van der Waals surface area contributed by atoms with Crippen LogP contribution < -0.4 is 5.32 Å². The molecule has 4 aromatic rings. The SMILES string of the molecule is CCOCC1CCCN1C(=O)c1cc2nccc(Nc3ccc4[nH]c(C)cc4c3)c2s1. The summed E-state index contributed by atoms with van der Waals surface area (Å²) in [5.41, 5.74) is 5.09. The first-order chi connectivity index (χ1) is 15.1. The van der Waals surface area contributed by atoms with Crippen LogP contribution >= 0.6 is 11.3 Å². The number of amides is 1. The van der Waals surface area contributed by atoms with E-state index in [-0.39, 0.29) is 11.9 Å². The fourth-order valence-corrected chi connectivity index (χ4v) is 5.36. The molecule has 1 unspecified atom stereocenters. The van der Waals surface area contributed by atoms with Crippen molar-refractivity contribution in [1.29, 1.82) is 0 Å². The lowest BCUT2D eigenvalue weighted by Gasteiger charge is -2.23. The van der Waals surface area contributed by atoms with E-state index in [0.29, 0.717) is 13.2 Å². The lowest BCUT2D eigenvalue weighted by molar-refractivity contribution is 0.0568. The van der Waals surface area contributed by atoms with Crippen molar-refractivity contribution in [3.8, 4) is 0 Å². The normalized spacial score (nSPS) is 16.5. The minimum absolute atomic E-state index is 0.0837. The standard InChI is InChI=1S/C24H26N4O2S/c1-3-30-14-18-5-4-10-28(18)24(29)22-13-21-23(31-22)20(8-9-25-21)27-17-6-7-19-16(12-17)11-15(2)26-19/h6-9,11-13,18,26H,3-5,10,14H2,1-2H3,(H,25,27). The van der Waals surface area contributed by atoms with Gasteiger partial charge in [0.1, 0.15) is 0 Å². The van der Waals surface area contributed by atoms with E-state index in [1.165, 1.54) is 16.7 Å². The van der Waals surface area contributed by atoms with Crippen molar-refractivity contribution in [3.05, 3.63) is 53.2 Å². The summed E-state index contributed by atoms with van der Waals surface area (Å²) in [6.07, 6.45) is 3.82. The molecular formula is C24H26N4O2S. The van der Waals surface area contributed by atoms with E-state index in [9.17, 15) is 4.79 Å². The molecular weight excluding hydrogens is 408 g/mol. The number of likely N-dealkylation sites (tertiary alicyclic amines) is 1. The Bertz CT molecular complexity index is 1250.